The topological polar surface area (TPSA) is 38.8 Å². The van der Waals surface area contributed by atoms with Crippen LogP contribution in [-0.4, -0.2) is 61.5 Å². The smallest absolute Gasteiger partial charge is 0.245 e. The van der Waals surface area contributed by atoms with Gasteiger partial charge in [0.15, 0.2) is 0 Å². The molecule has 2 aromatic rings. The summed E-state index contributed by atoms with van der Waals surface area (Å²) in [6, 6.07) is 18.9. The number of anilines is 3. The Bertz CT molecular complexity index is 794. The molecule has 5 heteroatoms. The van der Waals surface area contributed by atoms with E-state index in [2.05, 4.69) is 46.4 Å². The predicted molar refractivity (Wildman–Crippen MR) is 124 cm³/mol. The van der Waals surface area contributed by atoms with Crippen LogP contribution in [0.5, 0.6) is 0 Å². The average Bonchev–Trinajstić information content (AvgIpc) is 2.78. The zero-order valence-electron chi connectivity index (χ0n) is 18.1. The van der Waals surface area contributed by atoms with Gasteiger partial charge in [-0.05, 0) is 56.3 Å². The summed E-state index contributed by atoms with van der Waals surface area (Å²) in [6.45, 7) is 4.36. The van der Waals surface area contributed by atoms with Crippen molar-refractivity contribution >= 4 is 23.0 Å². The second-order valence-electron chi connectivity index (χ2n) is 8.67. The van der Waals surface area contributed by atoms with Gasteiger partial charge in [0.25, 0.3) is 0 Å². The van der Waals surface area contributed by atoms with Crippen LogP contribution in [0.2, 0.25) is 0 Å². The van der Waals surface area contributed by atoms with Crippen molar-refractivity contribution in [2.45, 2.75) is 38.1 Å². The molecule has 0 radical (unpaired) electrons. The van der Waals surface area contributed by atoms with E-state index in [0.717, 1.165) is 43.2 Å². The molecule has 1 heterocycles. The second-order valence-corrected chi connectivity index (χ2v) is 8.67. The molecule has 0 unspecified atom stereocenters. The number of amides is 1. The first-order valence-corrected chi connectivity index (χ1v) is 11.3. The monoisotopic (exact) mass is 406 g/mol. The molecule has 1 N–H and O–H groups in total. The maximum absolute atomic E-state index is 13.4. The maximum Gasteiger partial charge on any atom is 0.245 e. The van der Waals surface area contributed by atoms with E-state index >= 15 is 0 Å². The summed E-state index contributed by atoms with van der Waals surface area (Å²) in [4.78, 5) is 19.8. The van der Waals surface area contributed by atoms with Crippen molar-refractivity contribution in [3.63, 3.8) is 0 Å². The van der Waals surface area contributed by atoms with Crippen molar-refractivity contribution in [2.75, 3.05) is 50.0 Å². The van der Waals surface area contributed by atoms with Gasteiger partial charge in [0.2, 0.25) is 5.91 Å². The zero-order valence-corrected chi connectivity index (χ0v) is 18.1. The maximum atomic E-state index is 13.4. The second kappa shape index (κ2) is 10.1. The van der Waals surface area contributed by atoms with Gasteiger partial charge in [-0.15, -0.1) is 0 Å². The number of benzene rings is 2. The quantitative estimate of drug-likeness (QED) is 0.774. The van der Waals surface area contributed by atoms with Crippen LogP contribution in [0.15, 0.2) is 54.6 Å². The molecule has 2 aromatic carbocycles. The summed E-state index contributed by atoms with van der Waals surface area (Å²) < 4.78 is 0. The van der Waals surface area contributed by atoms with Crippen LogP contribution in [0, 0.1) is 0 Å². The Balaban J connectivity index is 1.48. The first-order chi connectivity index (χ1) is 14.7. The number of rotatable bonds is 6. The molecule has 0 spiro atoms. The fraction of sp³-hybridized carbons (Fsp3) is 0.480. The molecule has 1 saturated carbocycles. The fourth-order valence-electron chi connectivity index (χ4n) is 4.47. The van der Waals surface area contributed by atoms with Crippen LogP contribution in [0.3, 0.4) is 0 Å². The lowest BCUT2D eigenvalue weighted by Crippen LogP contribution is -2.48. The van der Waals surface area contributed by atoms with Crippen molar-refractivity contribution in [3.8, 4) is 0 Å². The van der Waals surface area contributed by atoms with E-state index in [9.17, 15) is 4.79 Å². The number of hydrogen-bond donors (Lipinski definition) is 1. The molecule has 1 aliphatic carbocycles. The van der Waals surface area contributed by atoms with Gasteiger partial charge >= 0.3 is 0 Å². The molecule has 5 nitrogen and oxygen atoms in total. The highest BCUT2D eigenvalue weighted by Gasteiger charge is 2.23. The lowest BCUT2D eigenvalue weighted by molar-refractivity contribution is -0.119. The number of nitrogens with one attached hydrogen (secondary N) is 1. The van der Waals surface area contributed by atoms with Crippen LogP contribution in [0.1, 0.15) is 32.1 Å². The van der Waals surface area contributed by atoms with Gasteiger partial charge in [0, 0.05) is 49.3 Å². The molecular formula is C25H34N4O. The molecule has 2 aliphatic rings. The van der Waals surface area contributed by atoms with Crippen LogP contribution in [0.25, 0.3) is 0 Å². The van der Waals surface area contributed by atoms with E-state index in [4.69, 9.17) is 0 Å². The number of nitrogens with zero attached hydrogens (tertiary/aromatic N) is 3. The highest BCUT2D eigenvalue weighted by atomic mass is 16.2. The summed E-state index contributed by atoms with van der Waals surface area (Å²) in [7, 11) is 2.14. The largest absolute Gasteiger partial charge is 0.382 e. The Morgan fingerprint density at radius 1 is 0.900 bits per heavy atom. The van der Waals surface area contributed by atoms with Gasteiger partial charge in [-0.3, -0.25) is 14.6 Å². The summed E-state index contributed by atoms with van der Waals surface area (Å²) in [5.74, 6) is 0.124. The molecule has 4 rings (SSSR count). The number of carbonyl (C=O) groups is 1. The van der Waals surface area contributed by atoms with Gasteiger partial charge in [-0.1, -0.05) is 37.5 Å². The molecule has 2 fully saturated rings. The molecule has 0 atom stereocenters. The lowest BCUT2D eigenvalue weighted by Gasteiger charge is -2.33. The van der Waals surface area contributed by atoms with Gasteiger partial charge in [-0.2, -0.15) is 0 Å². The molecule has 1 aliphatic heterocycles. The summed E-state index contributed by atoms with van der Waals surface area (Å²) in [5, 5.41) is 3.67. The molecule has 30 heavy (non-hydrogen) atoms. The molecule has 0 aromatic heterocycles. The fourth-order valence-corrected chi connectivity index (χ4v) is 4.47. The standard InChI is InChI=1S/C25H34N4O/c1-27-16-18-28(19-17-27)20-25(30)29(23-10-6-3-7-11-23)24-14-12-22(13-15-24)26-21-8-4-2-5-9-21/h3,6-7,10-15,21,26H,2,4-5,8-9,16-20H2,1H3. The van der Waals surface area contributed by atoms with E-state index in [1.165, 1.54) is 32.1 Å². The molecule has 1 amide bonds. The Morgan fingerprint density at radius 2 is 1.53 bits per heavy atom. The normalized spacial score (nSPS) is 18.8. The molecular weight excluding hydrogens is 372 g/mol. The molecule has 0 bridgehead atoms. The van der Waals surface area contributed by atoms with Gasteiger partial charge in [0.1, 0.15) is 0 Å². The highest BCUT2D eigenvalue weighted by Crippen LogP contribution is 2.28. The van der Waals surface area contributed by atoms with Crippen molar-refractivity contribution < 1.29 is 4.79 Å². The van der Waals surface area contributed by atoms with Crippen LogP contribution < -0.4 is 10.2 Å². The Kier molecular flexibility index (Phi) is 7.03. The highest BCUT2D eigenvalue weighted by molar-refractivity contribution is 6.01. The van der Waals surface area contributed by atoms with Crippen LogP contribution >= 0.6 is 0 Å². The third-order valence-electron chi connectivity index (χ3n) is 6.32. The SMILES string of the molecule is CN1CCN(CC(=O)N(c2ccccc2)c2ccc(NC3CCCCC3)cc2)CC1. The predicted octanol–water partition coefficient (Wildman–Crippen LogP) is 4.34. The molecule has 1 saturated heterocycles. The Hall–Kier alpha value is -2.37. The minimum atomic E-state index is 0.124. The zero-order chi connectivity index (χ0) is 20.8. The van der Waals surface area contributed by atoms with Crippen LogP contribution in [0.4, 0.5) is 17.1 Å². The van der Waals surface area contributed by atoms with Crippen LogP contribution in [-0.2, 0) is 4.79 Å². The van der Waals surface area contributed by atoms with E-state index in [1.54, 1.807) is 0 Å². The van der Waals surface area contributed by atoms with Crippen molar-refractivity contribution in [1.82, 2.24) is 9.80 Å². The first kappa shape index (κ1) is 20.9. The number of piperazine rings is 1. The average molecular weight is 407 g/mol. The number of carbonyl (C=O) groups excluding carboxylic acids is 1. The van der Waals surface area contributed by atoms with E-state index in [-0.39, 0.29) is 5.91 Å². The van der Waals surface area contributed by atoms with Crippen molar-refractivity contribution in [3.05, 3.63) is 54.6 Å². The number of hydrogen-bond acceptors (Lipinski definition) is 4. The Morgan fingerprint density at radius 3 is 2.20 bits per heavy atom. The van der Waals surface area contributed by atoms with E-state index in [0.29, 0.717) is 12.6 Å². The minimum Gasteiger partial charge on any atom is -0.382 e. The summed E-state index contributed by atoms with van der Waals surface area (Å²) in [6.07, 6.45) is 6.50. The minimum absolute atomic E-state index is 0.124. The van der Waals surface area contributed by atoms with Gasteiger partial charge in [0.05, 0.1) is 6.54 Å². The lowest BCUT2D eigenvalue weighted by atomic mass is 9.95. The summed E-state index contributed by atoms with van der Waals surface area (Å²) in [5.41, 5.74) is 2.99. The molecule has 160 valence electrons. The van der Waals surface area contributed by atoms with Crippen molar-refractivity contribution in [1.29, 1.82) is 0 Å². The Labute approximate surface area is 180 Å². The number of para-hydroxylation sites is 1. The first-order valence-electron chi connectivity index (χ1n) is 11.3. The van der Waals surface area contributed by atoms with E-state index < -0.39 is 0 Å². The van der Waals surface area contributed by atoms with Gasteiger partial charge < -0.3 is 10.2 Å². The third kappa shape index (κ3) is 5.41. The van der Waals surface area contributed by atoms with Crippen molar-refractivity contribution in [2.24, 2.45) is 0 Å². The van der Waals surface area contributed by atoms with Gasteiger partial charge in [-0.25, -0.2) is 0 Å². The summed E-state index contributed by atoms with van der Waals surface area (Å²) >= 11 is 0. The number of likely N-dealkylation sites (N-methyl/N-ethyl adjacent to an activating group) is 1. The third-order valence-corrected chi connectivity index (χ3v) is 6.32. The van der Waals surface area contributed by atoms with E-state index in [1.807, 2.05) is 35.2 Å².